The summed E-state index contributed by atoms with van der Waals surface area (Å²) in [5.41, 5.74) is -0.316. The van der Waals surface area contributed by atoms with Gasteiger partial charge in [0, 0.05) is 13.1 Å². The zero-order valence-electron chi connectivity index (χ0n) is 11.1. The van der Waals surface area contributed by atoms with Crippen LogP contribution < -0.4 is 5.32 Å². The molecule has 2 bridgehead atoms. The molecule has 21 heavy (non-hydrogen) atoms. The second-order valence-electron chi connectivity index (χ2n) is 5.27. The first-order valence-electron chi connectivity index (χ1n) is 6.67. The summed E-state index contributed by atoms with van der Waals surface area (Å²) in [6, 6.07) is 2.44. The van der Waals surface area contributed by atoms with Crippen molar-refractivity contribution in [2.24, 2.45) is 5.92 Å². The zero-order chi connectivity index (χ0) is 15.0. The van der Waals surface area contributed by atoms with E-state index in [1.807, 2.05) is 0 Å². The van der Waals surface area contributed by atoms with Crippen LogP contribution in [0.25, 0.3) is 0 Å². The standard InChI is InChI=1S/C14H14F2N2O3/c15-9-1-2-12(16)11(3-9)14(20)18-4-8-6-21-7-10(5-18)17-13(8)19/h1-3,8,10H,4-7H2,(H,17,19)/t8-,10+/m1/s1. The van der Waals surface area contributed by atoms with Crippen LogP contribution in [0.2, 0.25) is 0 Å². The second kappa shape index (κ2) is 5.40. The van der Waals surface area contributed by atoms with E-state index in [2.05, 4.69) is 5.32 Å². The average Bonchev–Trinajstić information content (AvgIpc) is 2.69. The van der Waals surface area contributed by atoms with Crippen LogP contribution in [0.3, 0.4) is 0 Å². The number of nitrogens with one attached hydrogen (secondary N) is 1. The predicted octanol–water partition coefficient (Wildman–Crippen LogP) is 0.552. The third-order valence-corrected chi connectivity index (χ3v) is 3.68. The molecule has 1 N–H and O–H groups in total. The van der Waals surface area contributed by atoms with Gasteiger partial charge in [0.25, 0.3) is 5.91 Å². The Morgan fingerprint density at radius 2 is 2.10 bits per heavy atom. The van der Waals surface area contributed by atoms with Crippen molar-refractivity contribution in [1.29, 1.82) is 0 Å². The molecule has 0 radical (unpaired) electrons. The van der Waals surface area contributed by atoms with Crippen molar-refractivity contribution in [3.63, 3.8) is 0 Å². The highest BCUT2D eigenvalue weighted by atomic mass is 19.1. The van der Waals surface area contributed by atoms with Gasteiger partial charge in [0.05, 0.1) is 30.7 Å². The molecule has 2 amide bonds. The van der Waals surface area contributed by atoms with Gasteiger partial charge in [0.1, 0.15) is 11.6 Å². The highest BCUT2D eigenvalue weighted by Gasteiger charge is 2.35. The lowest BCUT2D eigenvalue weighted by Crippen LogP contribution is -2.44. The number of rotatable bonds is 1. The lowest BCUT2D eigenvalue weighted by molar-refractivity contribution is -0.125. The number of fused-ring (bicyclic) bond motifs is 3. The average molecular weight is 296 g/mol. The number of benzene rings is 1. The van der Waals surface area contributed by atoms with Crippen LogP contribution in [0.1, 0.15) is 10.4 Å². The molecule has 2 saturated heterocycles. The predicted molar refractivity (Wildman–Crippen MR) is 68.5 cm³/mol. The normalized spacial score (nSPS) is 25.2. The minimum atomic E-state index is -0.772. The van der Waals surface area contributed by atoms with Crippen molar-refractivity contribution in [3.8, 4) is 0 Å². The number of ether oxygens (including phenoxy) is 1. The molecular weight excluding hydrogens is 282 g/mol. The van der Waals surface area contributed by atoms with Crippen molar-refractivity contribution in [3.05, 3.63) is 35.4 Å². The molecule has 5 nitrogen and oxygen atoms in total. The summed E-state index contributed by atoms with van der Waals surface area (Å²) >= 11 is 0. The topological polar surface area (TPSA) is 58.6 Å². The van der Waals surface area contributed by atoms with Gasteiger partial charge in [-0.1, -0.05) is 0 Å². The minimum Gasteiger partial charge on any atom is -0.378 e. The summed E-state index contributed by atoms with van der Waals surface area (Å²) in [5.74, 6) is -2.72. The molecule has 0 spiro atoms. The molecule has 7 heteroatoms. The second-order valence-corrected chi connectivity index (χ2v) is 5.27. The van der Waals surface area contributed by atoms with Crippen LogP contribution >= 0.6 is 0 Å². The molecule has 2 heterocycles. The van der Waals surface area contributed by atoms with Crippen molar-refractivity contribution in [1.82, 2.24) is 10.2 Å². The van der Waals surface area contributed by atoms with Crippen LogP contribution in [-0.4, -0.2) is 49.1 Å². The highest BCUT2D eigenvalue weighted by Crippen LogP contribution is 2.18. The van der Waals surface area contributed by atoms with Crippen molar-refractivity contribution in [2.45, 2.75) is 6.04 Å². The molecule has 3 rings (SSSR count). The summed E-state index contributed by atoms with van der Waals surface area (Å²) in [4.78, 5) is 25.6. The molecule has 0 aromatic heterocycles. The fourth-order valence-electron chi connectivity index (χ4n) is 2.63. The fraction of sp³-hybridized carbons (Fsp3) is 0.429. The van der Waals surface area contributed by atoms with Gasteiger partial charge in [-0.2, -0.15) is 0 Å². The van der Waals surface area contributed by atoms with Gasteiger partial charge in [-0.3, -0.25) is 9.59 Å². The van der Waals surface area contributed by atoms with Gasteiger partial charge < -0.3 is 15.0 Å². The largest absolute Gasteiger partial charge is 0.378 e. The maximum absolute atomic E-state index is 13.7. The number of halogens is 2. The molecular formula is C14H14F2N2O3. The van der Waals surface area contributed by atoms with Crippen LogP contribution in [0.4, 0.5) is 8.78 Å². The number of hydrogen-bond acceptors (Lipinski definition) is 3. The van der Waals surface area contributed by atoms with Crippen LogP contribution in [0.5, 0.6) is 0 Å². The number of carbonyl (C=O) groups excluding carboxylic acids is 2. The number of nitrogens with zero attached hydrogens (tertiary/aromatic N) is 1. The van der Waals surface area contributed by atoms with Gasteiger partial charge in [-0.05, 0) is 18.2 Å². The number of hydrogen-bond donors (Lipinski definition) is 1. The Hall–Kier alpha value is -2.02. The van der Waals surface area contributed by atoms with Crippen molar-refractivity contribution < 1.29 is 23.1 Å². The maximum Gasteiger partial charge on any atom is 0.257 e. The molecule has 0 unspecified atom stereocenters. The number of carbonyl (C=O) groups is 2. The molecule has 0 saturated carbocycles. The smallest absolute Gasteiger partial charge is 0.257 e. The summed E-state index contributed by atoms with van der Waals surface area (Å²) in [6.07, 6.45) is 0. The molecule has 2 fully saturated rings. The molecule has 112 valence electrons. The van der Waals surface area contributed by atoms with Gasteiger partial charge in [-0.15, -0.1) is 0 Å². The molecule has 1 aromatic carbocycles. The maximum atomic E-state index is 13.7. The first kappa shape index (κ1) is 13.9. The molecule has 0 aliphatic carbocycles. The first-order valence-corrected chi connectivity index (χ1v) is 6.67. The summed E-state index contributed by atoms with van der Waals surface area (Å²) in [7, 11) is 0. The van der Waals surface area contributed by atoms with E-state index in [0.29, 0.717) is 6.61 Å². The van der Waals surface area contributed by atoms with Gasteiger partial charge >= 0.3 is 0 Å². The van der Waals surface area contributed by atoms with Crippen LogP contribution in [-0.2, 0) is 9.53 Å². The lowest BCUT2D eigenvalue weighted by atomic mass is 10.1. The van der Waals surface area contributed by atoms with E-state index >= 15 is 0 Å². The molecule has 2 aliphatic heterocycles. The van der Waals surface area contributed by atoms with Gasteiger partial charge in [0.15, 0.2) is 0 Å². The lowest BCUT2D eigenvalue weighted by Gasteiger charge is -2.27. The third-order valence-electron chi connectivity index (χ3n) is 3.68. The summed E-state index contributed by atoms with van der Waals surface area (Å²) in [6.45, 7) is 0.879. The first-order chi connectivity index (χ1) is 10.0. The van der Waals surface area contributed by atoms with E-state index < -0.39 is 23.5 Å². The SMILES string of the molecule is O=C1N[C@@H]2COC[C@H]1CN(C(=O)c1cc(F)ccc1F)C2. The zero-order valence-corrected chi connectivity index (χ0v) is 11.1. The van der Waals surface area contributed by atoms with Gasteiger partial charge in [-0.25, -0.2) is 8.78 Å². The van der Waals surface area contributed by atoms with Crippen molar-refractivity contribution >= 4 is 11.8 Å². The monoisotopic (exact) mass is 296 g/mol. The Labute approximate surface area is 119 Å². The Bertz CT molecular complexity index is 594. The third kappa shape index (κ3) is 2.73. The van der Waals surface area contributed by atoms with E-state index in [1.54, 1.807) is 0 Å². The summed E-state index contributed by atoms with van der Waals surface area (Å²) in [5, 5.41) is 2.78. The molecule has 1 aromatic rings. The van der Waals surface area contributed by atoms with E-state index in [9.17, 15) is 18.4 Å². The quantitative estimate of drug-likeness (QED) is 0.823. The highest BCUT2D eigenvalue weighted by molar-refractivity contribution is 5.95. The van der Waals surface area contributed by atoms with Crippen LogP contribution in [0, 0.1) is 17.6 Å². The minimum absolute atomic E-state index is 0.136. The Kier molecular flexibility index (Phi) is 3.59. The van der Waals surface area contributed by atoms with E-state index in [-0.39, 0.29) is 37.2 Å². The molecule has 2 aliphatic rings. The van der Waals surface area contributed by atoms with E-state index in [0.717, 1.165) is 18.2 Å². The Morgan fingerprint density at radius 3 is 2.90 bits per heavy atom. The van der Waals surface area contributed by atoms with E-state index in [1.165, 1.54) is 4.90 Å². The Morgan fingerprint density at radius 1 is 1.29 bits per heavy atom. The van der Waals surface area contributed by atoms with Crippen LogP contribution in [0.15, 0.2) is 18.2 Å². The number of amides is 2. The fourth-order valence-corrected chi connectivity index (χ4v) is 2.63. The van der Waals surface area contributed by atoms with Crippen molar-refractivity contribution in [2.75, 3.05) is 26.3 Å². The van der Waals surface area contributed by atoms with Gasteiger partial charge in [0.2, 0.25) is 5.91 Å². The summed E-state index contributed by atoms with van der Waals surface area (Å²) < 4.78 is 32.3. The molecule has 2 atom stereocenters. The van der Waals surface area contributed by atoms with E-state index in [4.69, 9.17) is 4.74 Å². The Balaban J connectivity index is 1.88.